The molecule has 86 valence electrons. The highest BCUT2D eigenvalue weighted by Gasteiger charge is 2.44. The van der Waals surface area contributed by atoms with E-state index in [1.54, 1.807) is 0 Å². The van der Waals surface area contributed by atoms with Gasteiger partial charge in [0.2, 0.25) is 0 Å². The Labute approximate surface area is 93.0 Å². The number of hydrogen-bond donors (Lipinski definition) is 0. The van der Waals surface area contributed by atoms with E-state index in [2.05, 4.69) is 18.9 Å². The molecule has 0 aromatic heterocycles. The van der Waals surface area contributed by atoms with Crippen molar-refractivity contribution < 1.29 is 4.79 Å². The van der Waals surface area contributed by atoms with Crippen molar-refractivity contribution in [1.82, 2.24) is 4.90 Å². The summed E-state index contributed by atoms with van der Waals surface area (Å²) in [5.74, 6) is 0.914. The van der Waals surface area contributed by atoms with Crippen LogP contribution >= 0.6 is 0 Å². The second kappa shape index (κ2) is 4.65. The number of unbranched alkanes of at least 4 members (excludes halogenated alkanes) is 2. The van der Waals surface area contributed by atoms with Gasteiger partial charge in [-0.2, -0.15) is 0 Å². The van der Waals surface area contributed by atoms with E-state index in [1.807, 2.05) is 0 Å². The summed E-state index contributed by atoms with van der Waals surface area (Å²) < 4.78 is 0. The zero-order chi connectivity index (χ0) is 10.8. The maximum Gasteiger partial charge on any atom is 0.139 e. The molecule has 0 aromatic rings. The van der Waals surface area contributed by atoms with Gasteiger partial charge in [0.25, 0.3) is 0 Å². The molecule has 2 rings (SSSR count). The Hall–Kier alpha value is -0.370. The average molecular weight is 209 g/mol. The van der Waals surface area contributed by atoms with Crippen LogP contribution in [0.4, 0.5) is 0 Å². The molecule has 2 heteroatoms. The monoisotopic (exact) mass is 209 g/mol. The van der Waals surface area contributed by atoms with Crippen molar-refractivity contribution in [2.24, 2.45) is 5.92 Å². The number of piperidine rings is 1. The quantitative estimate of drug-likeness (QED) is 0.663. The summed E-state index contributed by atoms with van der Waals surface area (Å²) in [6.45, 7) is 2.22. The summed E-state index contributed by atoms with van der Waals surface area (Å²) in [6.07, 6.45) is 8.23. The minimum atomic E-state index is 0.361. The maximum absolute atomic E-state index is 12.0. The lowest BCUT2D eigenvalue weighted by atomic mass is 9.85. The van der Waals surface area contributed by atoms with Crippen LogP contribution in [0.5, 0.6) is 0 Å². The average Bonchev–Trinajstić information content (AvgIpc) is 2.47. The molecule has 2 heterocycles. The molecule has 2 aliphatic heterocycles. The van der Waals surface area contributed by atoms with Crippen molar-refractivity contribution in [1.29, 1.82) is 0 Å². The highest BCUT2D eigenvalue weighted by molar-refractivity contribution is 5.83. The molecule has 2 saturated heterocycles. The molecule has 0 amide bonds. The van der Waals surface area contributed by atoms with Crippen LogP contribution in [0, 0.1) is 5.92 Å². The predicted molar refractivity (Wildman–Crippen MR) is 61.8 cm³/mol. The van der Waals surface area contributed by atoms with Gasteiger partial charge in [-0.05, 0) is 26.3 Å². The van der Waals surface area contributed by atoms with Gasteiger partial charge in [-0.25, -0.2) is 0 Å². The normalized spacial score (nSPS) is 36.1. The van der Waals surface area contributed by atoms with E-state index in [1.165, 1.54) is 32.1 Å². The van der Waals surface area contributed by atoms with E-state index in [4.69, 9.17) is 0 Å². The van der Waals surface area contributed by atoms with Crippen LogP contribution in [-0.2, 0) is 4.79 Å². The van der Waals surface area contributed by atoms with Crippen molar-refractivity contribution >= 4 is 5.78 Å². The van der Waals surface area contributed by atoms with E-state index in [0.29, 0.717) is 23.8 Å². The van der Waals surface area contributed by atoms with Crippen molar-refractivity contribution in [3.63, 3.8) is 0 Å². The third kappa shape index (κ3) is 2.10. The Morgan fingerprint density at radius 3 is 2.87 bits per heavy atom. The molecule has 2 nitrogen and oxygen atoms in total. The van der Waals surface area contributed by atoms with Crippen molar-refractivity contribution in [2.45, 2.75) is 64.0 Å². The second-order valence-electron chi connectivity index (χ2n) is 5.24. The summed E-state index contributed by atoms with van der Waals surface area (Å²) in [7, 11) is 2.21. The van der Waals surface area contributed by atoms with Crippen molar-refractivity contribution in [3.8, 4) is 0 Å². The number of fused-ring (bicyclic) bond motifs is 2. The Bertz CT molecular complexity index is 239. The van der Waals surface area contributed by atoms with Gasteiger partial charge in [0.1, 0.15) is 5.78 Å². The summed E-state index contributed by atoms with van der Waals surface area (Å²) in [4.78, 5) is 14.4. The second-order valence-corrected chi connectivity index (χ2v) is 5.24. The number of Topliss-reactive ketones (excluding diaryl/α,β-unsaturated/α-hetero) is 1. The smallest absolute Gasteiger partial charge is 0.139 e. The fraction of sp³-hybridized carbons (Fsp3) is 0.923. The lowest BCUT2D eigenvalue weighted by Gasteiger charge is -2.36. The van der Waals surface area contributed by atoms with Gasteiger partial charge >= 0.3 is 0 Å². The molecule has 2 aliphatic rings. The summed E-state index contributed by atoms with van der Waals surface area (Å²) >= 11 is 0. The number of rotatable bonds is 4. The molecule has 0 saturated carbocycles. The molecule has 1 unspecified atom stereocenters. The van der Waals surface area contributed by atoms with Crippen LogP contribution in [-0.4, -0.2) is 29.8 Å². The molecular weight excluding hydrogens is 186 g/mol. The summed E-state index contributed by atoms with van der Waals surface area (Å²) in [6, 6.07) is 1.15. The van der Waals surface area contributed by atoms with Crippen LogP contribution in [0.1, 0.15) is 51.9 Å². The van der Waals surface area contributed by atoms with Gasteiger partial charge in [0, 0.05) is 24.4 Å². The van der Waals surface area contributed by atoms with E-state index in [-0.39, 0.29) is 0 Å². The Morgan fingerprint density at radius 2 is 2.13 bits per heavy atom. The molecule has 2 fully saturated rings. The number of hydrogen-bond acceptors (Lipinski definition) is 2. The molecule has 0 spiro atoms. The van der Waals surface area contributed by atoms with E-state index in [9.17, 15) is 4.79 Å². The lowest BCUT2D eigenvalue weighted by molar-refractivity contribution is -0.129. The third-order valence-corrected chi connectivity index (χ3v) is 4.33. The van der Waals surface area contributed by atoms with Crippen LogP contribution in [0.2, 0.25) is 0 Å². The molecule has 0 aliphatic carbocycles. The minimum Gasteiger partial charge on any atom is -0.299 e. The number of nitrogens with zero attached hydrogens (tertiary/aromatic N) is 1. The number of carbonyl (C=O) groups is 1. The summed E-state index contributed by atoms with van der Waals surface area (Å²) in [5, 5.41) is 0. The fourth-order valence-corrected chi connectivity index (χ4v) is 3.34. The third-order valence-electron chi connectivity index (χ3n) is 4.33. The molecule has 0 N–H and O–H groups in total. The molecule has 15 heavy (non-hydrogen) atoms. The summed E-state index contributed by atoms with van der Waals surface area (Å²) in [5.41, 5.74) is 0. The Kier molecular flexibility index (Phi) is 3.45. The van der Waals surface area contributed by atoms with Gasteiger partial charge in [-0.15, -0.1) is 0 Å². The topological polar surface area (TPSA) is 20.3 Å². The highest BCUT2D eigenvalue weighted by atomic mass is 16.1. The van der Waals surface area contributed by atoms with E-state index in [0.717, 1.165) is 12.8 Å². The van der Waals surface area contributed by atoms with Gasteiger partial charge < -0.3 is 0 Å². The SMILES string of the molecule is CCCCCC1C(=O)C[C@H]2CC[C@@H]1N2C. The van der Waals surface area contributed by atoms with Crippen LogP contribution in [0.3, 0.4) is 0 Å². The first-order chi connectivity index (χ1) is 7.24. The zero-order valence-corrected chi connectivity index (χ0v) is 10.0. The Morgan fingerprint density at radius 1 is 1.33 bits per heavy atom. The van der Waals surface area contributed by atoms with Crippen LogP contribution < -0.4 is 0 Å². The first-order valence-corrected chi connectivity index (χ1v) is 6.48. The molecule has 2 bridgehead atoms. The maximum atomic E-state index is 12.0. The van der Waals surface area contributed by atoms with Crippen LogP contribution in [0.15, 0.2) is 0 Å². The standard InChI is InChI=1S/C13H23NO/c1-3-4-5-6-11-12-8-7-10(14(12)2)9-13(11)15/h10-12H,3-9H2,1-2H3/t10-,11?,12+/m1/s1. The first-order valence-electron chi connectivity index (χ1n) is 6.48. The van der Waals surface area contributed by atoms with E-state index >= 15 is 0 Å². The number of carbonyl (C=O) groups excluding carboxylic acids is 1. The van der Waals surface area contributed by atoms with Crippen molar-refractivity contribution in [3.05, 3.63) is 0 Å². The molecule has 0 aromatic carbocycles. The zero-order valence-electron chi connectivity index (χ0n) is 10.0. The Balaban J connectivity index is 1.94. The fourth-order valence-electron chi connectivity index (χ4n) is 3.34. The van der Waals surface area contributed by atoms with Gasteiger partial charge in [0.05, 0.1) is 0 Å². The van der Waals surface area contributed by atoms with Crippen molar-refractivity contribution in [2.75, 3.05) is 7.05 Å². The van der Waals surface area contributed by atoms with Gasteiger partial charge in [0.15, 0.2) is 0 Å². The van der Waals surface area contributed by atoms with Gasteiger partial charge in [-0.3, -0.25) is 9.69 Å². The van der Waals surface area contributed by atoms with Gasteiger partial charge in [-0.1, -0.05) is 26.2 Å². The predicted octanol–water partition coefficient (Wildman–Crippen LogP) is 2.62. The molecule has 3 atom stereocenters. The van der Waals surface area contributed by atoms with Crippen LogP contribution in [0.25, 0.3) is 0 Å². The van der Waals surface area contributed by atoms with E-state index < -0.39 is 0 Å². The largest absolute Gasteiger partial charge is 0.299 e. The number of ketones is 1. The minimum absolute atomic E-state index is 0.361. The first kappa shape index (κ1) is 11.1. The molecular formula is C13H23NO. The lowest BCUT2D eigenvalue weighted by Crippen LogP contribution is -2.46. The highest BCUT2D eigenvalue weighted by Crippen LogP contribution is 2.38. The molecule has 0 radical (unpaired) electrons.